The van der Waals surface area contributed by atoms with Crippen LogP contribution in [0.4, 0.5) is 0 Å². The molecule has 2 N–H and O–H groups in total. The van der Waals surface area contributed by atoms with Gasteiger partial charge in [0.2, 0.25) is 0 Å². The minimum absolute atomic E-state index is 0. The van der Waals surface area contributed by atoms with Gasteiger partial charge in [0.1, 0.15) is 6.42 Å². The quantitative estimate of drug-likeness (QED) is 0.473. The molecule has 0 spiro atoms. The van der Waals surface area contributed by atoms with Crippen molar-refractivity contribution in [2.45, 2.75) is 6.42 Å². The Morgan fingerprint density at radius 2 is 1.38 bits per heavy atom. The third-order valence-electron chi connectivity index (χ3n) is 0.302. The summed E-state index contributed by atoms with van der Waals surface area (Å²) in [6.07, 6.45) is -0.806. The van der Waals surface area contributed by atoms with Crippen LogP contribution in [0.1, 0.15) is 6.42 Å². The number of carbonyl (C=O) groups is 2. The molecule has 0 bridgehead atoms. The maximum atomic E-state index is 9.43. The van der Waals surface area contributed by atoms with Crippen LogP contribution in [0.3, 0.4) is 0 Å². The SMILES string of the molecule is O=C(O)CC(=O)O.[BiH3]. The van der Waals surface area contributed by atoms with Gasteiger partial charge < -0.3 is 10.2 Å². The Morgan fingerprint density at radius 1 is 1.12 bits per heavy atom. The van der Waals surface area contributed by atoms with Crippen molar-refractivity contribution < 1.29 is 19.8 Å². The van der Waals surface area contributed by atoms with Gasteiger partial charge in [-0.25, -0.2) is 0 Å². The summed E-state index contributed by atoms with van der Waals surface area (Å²) in [5, 5.41) is 15.4. The number of carboxylic acid groups (broad SMARTS) is 2. The van der Waals surface area contributed by atoms with Gasteiger partial charge in [-0.3, -0.25) is 9.59 Å². The van der Waals surface area contributed by atoms with Crippen LogP contribution in [0.2, 0.25) is 0 Å². The number of carboxylic acids is 2. The first-order valence-electron chi connectivity index (χ1n) is 1.56. The molecule has 0 amide bonds. The second-order valence-corrected chi connectivity index (χ2v) is 0.964. The minimum atomic E-state index is -1.31. The molecule has 0 aromatic heterocycles. The van der Waals surface area contributed by atoms with Crippen LogP contribution in [-0.4, -0.2) is 48.4 Å². The van der Waals surface area contributed by atoms with Crippen LogP contribution < -0.4 is 0 Å². The first-order chi connectivity index (χ1) is 3.13. The molecule has 0 aromatic carbocycles. The van der Waals surface area contributed by atoms with Crippen LogP contribution in [0.25, 0.3) is 0 Å². The molecule has 0 aliphatic heterocycles. The molecule has 0 fully saturated rings. The van der Waals surface area contributed by atoms with E-state index in [0.717, 1.165) is 0 Å². The normalized spacial score (nSPS) is 7.00. The molecule has 0 rings (SSSR count). The maximum absolute atomic E-state index is 9.43. The second kappa shape index (κ2) is 4.97. The number of hydrogen-bond donors (Lipinski definition) is 2. The summed E-state index contributed by atoms with van der Waals surface area (Å²) in [7, 11) is 0. The molecule has 0 radical (unpaired) electrons. The molecular formula is C3H7BiO4. The molecule has 0 atom stereocenters. The van der Waals surface area contributed by atoms with Gasteiger partial charge in [0.05, 0.1) is 0 Å². The first-order valence-corrected chi connectivity index (χ1v) is 1.56. The molecule has 0 saturated heterocycles. The van der Waals surface area contributed by atoms with Crippen LogP contribution in [0.5, 0.6) is 0 Å². The number of hydrogen-bond acceptors (Lipinski definition) is 2. The molecule has 8 heavy (non-hydrogen) atoms. The predicted octanol–water partition coefficient (Wildman–Crippen LogP) is -1.64. The molecule has 0 aliphatic rings. The van der Waals surface area contributed by atoms with E-state index in [0.29, 0.717) is 0 Å². The Hall–Kier alpha value is -0.177. The molecule has 4 nitrogen and oxygen atoms in total. The van der Waals surface area contributed by atoms with Gasteiger partial charge in [0, 0.05) is 0 Å². The zero-order valence-electron chi connectivity index (χ0n) is 4.13. The zero-order valence-corrected chi connectivity index (χ0v) is 9.62. The van der Waals surface area contributed by atoms with E-state index >= 15 is 0 Å². The van der Waals surface area contributed by atoms with Gasteiger partial charge in [0.15, 0.2) is 0 Å². The van der Waals surface area contributed by atoms with E-state index in [-0.39, 0.29) is 26.2 Å². The molecule has 0 aromatic rings. The average Bonchev–Trinajstić information content (AvgIpc) is 1.27. The number of aliphatic carboxylic acids is 2. The predicted molar refractivity (Wildman–Crippen MR) is 29.8 cm³/mol. The Labute approximate surface area is 64.6 Å². The second-order valence-electron chi connectivity index (χ2n) is 0.964. The van der Waals surface area contributed by atoms with E-state index in [1.54, 1.807) is 0 Å². The van der Waals surface area contributed by atoms with E-state index in [4.69, 9.17) is 10.2 Å². The van der Waals surface area contributed by atoms with Crippen molar-refractivity contribution >= 4 is 38.1 Å². The topological polar surface area (TPSA) is 74.6 Å². The van der Waals surface area contributed by atoms with Crippen molar-refractivity contribution in [3.05, 3.63) is 0 Å². The van der Waals surface area contributed by atoms with E-state index in [1.807, 2.05) is 0 Å². The summed E-state index contributed by atoms with van der Waals surface area (Å²) >= 11 is 0. The van der Waals surface area contributed by atoms with Crippen molar-refractivity contribution in [3.63, 3.8) is 0 Å². The molecule has 0 aliphatic carbocycles. The summed E-state index contributed by atoms with van der Waals surface area (Å²) in [5.74, 6) is -2.62. The summed E-state index contributed by atoms with van der Waals surface area (Å²) in [6.45, 7) is 0. The van der Waals surface area contributed by atoms with E-state index < -0.39 is 18.4 Å². The van der Waals surface area contributed by atoms with Gasteiger partial charge >= 0.3 is 38.1 Å². The summed E-state index contributed by atoms with van der Waals surface area (Å²) in [4.78, 5) is 18.9. The summed E-state index contributed by atoms with van der Waals surface area (Å²) in [5.41, 5.74) is 0. The molecule has 0 unspecified atom stereocenters. The van der Waals surface area contributed by atoms with Crippen molar-refractivity contribution in [2.75, 3.05) is 0 Å². The Balaban J connectivity index is 0. The van der Waals surface area contributed by atoms with Crippen molar-refractivity contribution in [1.29, 1.82) is 0 Å². The third-order valence-corrected chi connectivity index (χ3v) is 0.302. The fourth-order valence-corrected chi connectivity index (χ4v) is 0.129. The fraction of sp³-hybridized carbons (Fsp3) is 0.333. The van der Waals surface area contributed by atoms with Gasteiger partial charge in [0.25, 0.3) is 0 Å². The van der Waals surface area contributed by atoms with Crippen molar-refractivity contribution in [2.24, 2.45) is 0 Å². The molecule has 0 heterocycles. The summed E-state index contributed by atoms with van der Waals surface area (Å²) < 4.78 is 0. The Morgan fingerprint density at radius 3 is 1.38 bits per heavy atom. The van der Waals surface area contributed by atoms with Crippen LogP contribution in [-0.2, 0) is 9.59 Å². The van der Waals surface area contributed by atoms with Crippen molar-refractivity contribution in [1.82, 2.24) is 0 Å². The van der Waals surface area contributed by atoms with Crippen LogP contribution in [0.15, 0.2) is 0 Å². The fourth-order valence-electron chi connectivity index (χ4n) is 0.129. The first kappa shape index (κ1) is 10.7. The van der Waals surface area contributed by atoms with Crippen molar-refractivity contribution in [3.8, 4) is 0 Å². The van der Waals surface area contributed by atoms with Crippen LogP contribution in [0, 0.1) is 0 Å². The number of rotatable bonds is 2. The molecule has 5 heteroatoms. The monoisotopic (exact) mass is 316 g/mol. The van der Waals surface area contributed by atoms with Gasteiger partial charge in [-0.2, -0.15) is 0 Å². The molecule has 48 valence electrons. The standard InChI is InChI=1S/C3H4O4.Bi.3H/c4-2(5)1-3(6)7;;;;/h1H2,(H,4,5)(H,6,7);;;;. The van der Waals surface area contributed by atoms with Gasteiger partial charge in [-0.15, -0.1) is 0 Å². The average molecular weight is 316 g/mol. The molecule has 0 saturated carbocycles. The Kier molecular flexibility index (Phi) is 6.67. The van der Waals surface area contributed by atoms with E-state index in [2.05, 4.69) is 0 Å². The zero-order chi connectivity index (χ0) is 5.86. The summed E-state index contributed by atoms with van der Waals surface area (Å²) in [6, 6.07) is 0. The van der Waals surface area contributed by atoms with Gasteiger partial charge in [-0.05, 0) is 0 Å². The Bertz CT molecular complexity index is 87.5. The third kappa shape index (κ3) is 9.27. The van der Waals surface area contributed by atoms with Crippen LogP contribution >= 0.6 is 0 Å². The van der Waals surface area contributed by atoms with E-state index in [1.165, 1.54) is 0 Å². The van der Waals surface area contributed by atoms with E-state index in [9.17, 15) is 9.59 Å². The van der Waals surface area contributed by atoms with Gasteiger partial charge in [-0.1, -0.05) is 0 Å². The molecular weight excluding hydrogens is 309 g/mol.